The number of benzene rings is 2. The van der Waals surface area contributed by atoms with Crippen molar-refractivity contribution >= 4 is 32.7 Å². The largest absolute Gasteiger partial charge is 0.0881 e. The van der Waals surface area contributed by atoms with E-state index in [-0.39, 0.29) is 0 Å². The molecule has 0 atom stereocenters. The van der Waals surface area contributed by atoms with Gasteiger partial charge in [0, 0.05) is 0 Å². The minimum atomic E-state index is 1.31. The minimum absolute atomic E-state index is 1.31. The topological polar surface area (TPSA) is 0 Å². The summed E-state index contributed by atoms with van der Waals surface area (Å²) in [6.45, 7) is 2.21. The van der Waals surface area contributed by atoms with Gasteiger partial charge in [0.05, 0.1) is 22.0 Å². The highest BCUT2D eigenvalue weighted by molar-refractivity contribution is 7.23. The summed E-state index contributed by atoms with van der Waals surface area (Å²) in [6, 6.07) is 16.7. The molecular formula is C12H17B3. The Bertz CT molecular complexity index is 320. The molecule has 0 spiro atoms. The molecule has 0 heterocycles. The minimum Gasteiger partial charge on any atom is -0.0881 e. The lowest BCUT2D eigenvalue weighted by atomic mass is 9.27. The van der Waals surface area contributed by atoms with Crippen LogP contribution >= 0.6 is 0 Å². The van der Waals surface area contributed by atoms with Crippen LogP contribution in [0.5, 0.6) is 0 Å². The molecule has 0 aliphatic rings. The van der Waals surface area contributed by atoms with Crippen LogP contribution in [0, 0.1) is 0 Å². The fourth-order valence-electron chi connectivity index (χ4n) is 1.49. The summed E-state index contributed by atoms with van der Waals surface area (Å²) in [7, 11) is 4.94. The first kappa shape index (κ1) is 12.0. The Balaban J connectivity index is 0.000000195. The molecule has 0 aromatic heterocycles. The zero-order valence-electron chi connectivity index (χ0n) is 9.74. The molecule has 0 saturated carbocycles. The van der Waals surface area contributed by atoms with Gasteiger partial charge in [-0.1, -0.05) is 61.8 Å². The van der Waals surface area contributed by atoms with Crippen molar-refractivity contribution in [2.45, 2.75) is 13.2 Å². The van der Waals surface area contributed by atoms with E-state index in [0.717, 1.165) is 0 Å². The fourth-order valence-corrected chi connectivity index (χ4v) is 1.49. The maximum atomic E-state index is 2.21. The van der Waals surface area contributed by atoms with Crippen molar-refractivity contribution in [1.82, 2.24) is 0 Å². The lowest BCUT2D eigenvalue weighted by molar-refractivity contribution is 1.47. The summed E-state index contributed by atoms with van der Waals surface area (Å²) in [4.78, 5) is 0. The molecule has 0 radical (unpaired) electrons. The van der Waals surface area contributed by atoms with Gasteiger partial charge in [-0.2, -0.15) is 0 Å². The maximum Gasteiger partial charge on any atom is 0.0776 e. The molecule has 0 bridgehead atoms. The van der Waals surface area contributed by atoms with Crippen molar-refractivity contribution in [2.75, 3.05) is 0 Å². The molecule has 2 aromatic carbocycles. The van der Waals surface area contributed by atoms with Gasteiger partial charge in [0.25, 0.3) is 0 Å². The Hall–Kier alpha value is -1.11. The second-order valence-corrected chi connectivity index (χ2v) is 3.70. The van der Waals surface area contributed by atoms with Crippen LogP contribution in [0.4, 0.5) is 0 Å². The Morgan fingerprint density at radius 3 is 1.53 bits per heavy atom. The first-order valence-electron chi connectivity index (χ1n) is 5.82. The van der Waals surface area contributed by atoms with Crippen LogP contribution in [-0.2, 0) is 0 Å². The molecule has 2 rings (SSSR count). The van der Waals surface area contributed by atoms with Crippen LogP contribution in [0.3, 0.4) is 0 Å². The predicted molar refractivity (Wildman–Crippen MR) is 77.3 cm³/mol. The molecule has 0 saturated heterocycles. The van der Waals surface area contributed by atoms with E-state index in [4.69, 9.17) is 0 Å². The number of fused-ring (bicyclic) bond motifs is 1. The molecular weight excluding hydrogens is 177 g/mol. The zero-order chi connectivity index (χ0) is 10.9. The van der Waals surface area contributed by atoms with Gasteiger partial charge >= 0.3 is 0 Å². The van der Waals surface area contributed by atoms with Crippen molar-refractivity contribution in [3.63, 3.8) is 0 Å². The normalized spacial score (nSPS) is 8.87. The van der Waals surface area contributed by atoms with E-state index in [0.29, 0.717) is 0 Å². The monoisotopic (exact) mass is 194 g/mol. The first-order valence-corrected chi connectivity index (χ1v) is 5.82. The number of rotatable bonds is 2. The van der Waals surface area contributed by atoms with E-state index in [1.807, 2.05) is 0 Å². The molecule has 0 fully saturated rings. The van der Waals surface area contributed by atoms with E-state index in [1.54, 1.807) is 0 Å². The molecule has 3 heteroatoms. The molecule has 0 N–H and O–H groups in total. The zero-order valence-corrected chi connectivity index (χ0v) is 9.74. The third-order valence-corrected chi connectivity index (χ3v) is 2.37. The molecule has 15 heavy (non-hydrogen) atoms. The summed E-state index contributed by atoms with van der Waals surface area (Å²) in [5.41, 5.74) is 0. The van der Waals surface area contributed by atoms with Crippen molar-refractivity contribution in [3.05, 3.63) is 48.5 Å². The lowest BCUT2D eigenvalue weighted by Gasteiger charge is -1.92. The van der Waals surface area contributed by atoms with Crippen molar-refractivity contribution < 1.29 is 0 Å². The van der Waals surface area contributed by atoms with Crippen molar-refractivity contribution in [2.24, 2.45) is 0 Å². The smallest absolute Gasteiger partial charge is 0.0776 e. The van der Waals surface area contributed by atoms with Crippen LogP contribution in [-0.4, -0.2) is 22.0 Å². The molecule has 0 nitrogen and oxygen atoms in total. The highest BCUT2D eigenvalue weighted by Crippen LogP contribution is 2.11. The van der Waals surface area contributed by atoms with E-state index in [9.17, 15) is 0 Å². The molecule has 74 valence electrons. The third kappa shape index (κ3) is 4.29. The summed E-state index contributed by atoms with van der Waals surface area (Å²) in [5.74, 6) is 0. The average Bonchev–Trinajstić information content (AvgIpc) is 2.31. The second kappa shape index (κ2) is 7.22. The SMILES string of the molecule is BBBCC.c1ccc2ccccc2c1. The van der Waals surface area contributed by atoms with E-state index in [1.165, 1.54) is 31.3 Å². The van der Waals surface area contributed by atoms with Gasteiger partial charge in [0.2, 0.25) is 0 Å². The van der Waals surface area contributed by atoms with Crippen LogP contribution in [0.25, 0.3) is 10.8 Å². The van der Waals surface area contributed by atoms with Crippen LogP contribution in [0.2, 0.25) is 6.32 Å². The lowest BCUT2D eigenvalue weighted by Crippen LogP contribution is -1.98. The average molecular weight is 194 g/mol. The number of hydrogen-bond donors (Lipinski definition) is 0. The van der Waals surface area contributed by atoms with Crippen LogP contribution in [0.1, 0.15) is 6.92 Å². The molecule has 0 aliphatic heterocycles. The highest BCUT2D eigenvalue weighted by Gasteiger charge is 1.85. The van der Waals surface area contributed by atoms with E-state index >= 15 is 0 Å². The van der Waals surface area contributed by atoms with Crippen LogP contribution in [0.15, 0.2) is 48.5 Å². The van der Waals surface area contributed by atoms with Crippen molar-refractivity contribution in [3.8, 4) is 0 Å². The van der Waals surface area contributed by atoms with Gasteiger partial charge in [-0.3, -0.25) is 0 Å². The highest BCUT2D eigenvalue weighted by atomic mass is 13.9. The Morgan fingerprint density at radius 1 is 0.933 bits per heavy atom. The maximum absolute atomic E-state index is 2.21. The predicted octanol–water partition coefficient (Wildman–Crippen LogP) is 1.60. The molecule has 0 unspecified atom stereocenters. The molecule has 0 amide bonds. The van der Waals surface area contributed by atoms with Gasteiger partial charge < -0.3 is 0 Å². The second-order valence-electron chi connectivity index (χ2n) is 3.70. The van der Waals surface area contributed by atoms with Gasteiger partial charge in [-0.05, 0) is 10.8 Å². The number of hydrogen-bond acceptors (Lipinski definition) is 0. The van der Waals surface area contributed by atoms with E-state index < -0.39 is 0 Å². The Kier molecular flexibility index (Phi) is 5.76. The quantitative estimate of drug-likeness (QED) is 0.636. The van der Waals surface area contributed by atoms with Gasteiger partial charge in [-0.15, -0.1) is 0 Å². The molecule has 0 aliphatic carbocycles. The standard InChI is InChI=1S/C10H8.C2H9B3/c1-2-6-10-8-4-3-7-9(10)5-1;1-2-4-5-3/h1-8H;4-5H,2-3H2,1H3. The third-order valence-electron chi connectivity index (χ3n) is 2.37. The summed E-state index contributed by atoms with van der Waals surface area (Å²) >= 11 is 0. The first-order chi connectivity index (χ1) is 7.38. The Labute approximate surface area is 94.9 Å². The van der Waals surface area contributed by atoms with Gasteiger partial charge in [0.15, 0.2) is 0 Å². The summed E-state index contributed by atoms with van der Waals surface area (Å²) < 4.78 is 0. The summed E-state index contributed by atoms with van der Waals surface area (Å²) in [5, 5.41) is 2.62. The summed E-state index contributed by atoms with van der Waals surface area (Å²) in [6.07, 6.45) is 1.34. The van der Waals surface area contributed by atoms with Gasteiger partial charge in [0.1, 0.15) is 0 Å². The Morgan fingerprint density at radius 2 is 1.33 bits per heavy atom. The van der Waals surface area contributed by atoms with Gasteiger partial charge in [-0.25, -0.2) is 0 Å². The van der Waals surface area contributed by atoms with Crippen LogP contribution < -0.4 is 0 Å². The molecule has 2 aromatic rings. The van der Waals surface area contributed by atoms with E-state index in [2.05, 4.69) is 63.2 Å². The van der Waals surface area contributed by atoms with Crippen molar-refractivity contribution in [1.29, 1.82) is 0 Å². The fraction of sp³-hybridized carbons (Fsp3) is 0.167.